The second-order valence-corrected chi connectivity index (χ2v) is 5.43. The van der Waals surface area contributed by atoms with Crippen LogP contribution < -0.4 is 16.6 Å². The van der Waals surface area contributed by atoms with Crippen LogP contribution in [0.3, 0.4) is 0 Å². The van der Waals surface area contributed by atoms with Crippen LogP contribution in [-0.2, 0) is 16.1 Å². The smallest absolute Gasteiger partial charge is 0.158 e. The molecule has 0 saturated heterocycles. The van der Waals surface area contributed by atoms with Gasteiger partial charge < -0.3 is 20.2 Å². The fraction of sp³-hybridized carbons (Fsp3) is 0.714. The maximum absolute atomic E-state index is 5.45. The Hall–Kier alpha value is -1.44. The van der Waals surface area contributed by atoms with Crippen molar-refractivity contribution in [1.29, 1.82) is 0 Å². The van der Waals surface area contributed by atoms with Gasteiger partial charge in [0.1, 0.15) is 18.2 Å². The number of nitrogen functional groups attached to an aromatic ring is 1. The summed E-state index contributed by atoms with van der Waals surface area (Å²) in [5.74, 6) is 7.43. The topological polar surface area (TPSA) is 94.3 Å². The Bertz CT molecular complexity index is 451. The summed E-state index contributed by atoms with van der Waals surface area (Å²) < 4.78 is 10.5. The van der Waals surface area contributed by atoms with Crippen molar-refractivity contribution in [2.24, 2.45) is 11.3 Å². The highest BCUT2D eigenvalue weighted by atomic mass is 16.5. The minimum atomic E-state index is 0.358. The van der Waals surface area contributed by atoms with Crippen LogP contribution in [0.15, 0.2) is 6.07 Å². The van der Waals surface area contributed by atoms with E-state index in [9.17, 15) is 0 Å². The molecule has 1 heterocycles. The van der Waals surface area contributed by atoms with Crippen molar-refractivity contribution in [1.82, 2.24) is 9.97 Å². The lowest BCUT2D eigenvalue weighted by molar-refractivity contribution is 0.128. The van der Waals surface area contributed by atoms with E-state index in [4.69, 9.17) is 15.3 Å². The fourth-order valence-corrected chi connectivity index (χ4v) is 2.21. The Labute approximate surface area is 125 Å². The van der Waals surface area contributed by atoms with Gasteiger partial charge in [-0.25, -0.2) is 15.8 Å². The van der Waals surface area contributed by atoms with Crippen molar-refractivity contribution in [2.75, 3.05) is 37.6 Å². The van der Waals surface area contributed by atoms with Gasteiger partial charge >= 0.3 is 0 Å². The molecule has 1 saturated carbocycles. The van der Waals surface area contributed by atoms with Crippen molar-refractivity contribution in [3.05, 3.63) is 11.9 Å². The molecule has 0 atom stereocenters. The molecule has 1 aromatic heterocycles. The van der Waals surface area contributed by atoms with Crippen molar-refractivity contribution in [3.8, 4) is 0 Å². The van der Waals surface area contributed by atoms with Crippen molar-refractivity contribution < 1.29 is 9.47 Å². The molecule has 0 radical (unpaired) electrons. The largest absolute Gasteiger partial charge is 0.385 e. The third kappa shape index (κ3) is 4.80. The van der Waals surface area contributed by atoms with E-state index in [0.717, 1.165) is 25.4 Å². The molecule has 7 nitrogen and oxygen atoms in total. The van der Waals surface area contributed by atoms with E-state index in [1.54, 1.807) is 7.11 Å². The van der Waals surface area contributed by atoms with Crippen molar-refractivity contribution in [2.45, 2.75) is 32.8 Å². The molecule has 1 aromatic rings. The first-order valence-electron chi connectivity index (χ1n) is 7.36. The van der Waals surface area contributed by atoms with E-state index >= 15 is 0 Å². The third-order valence-electron chi connectivity index (χ3n) is 3.79. The van der Waals surface area contributed by atoms with Crippen LogP contribution in [-0.4, -0.2) is 36.8 Å². The quantitative estimate of drug-likeness (QED) is 0.445. The van der Waals surface area contributed by atoms with Crippen LogP contribution >= 0.6 is 0 Å². The zero-order valence-electron chi connectivity index (χ0n) is 12.8. The molecular weight excluding hydrogens is 270 g/mol. The number of methoxy groups -OCH3 is 1. The SMILES string of the molecule is CCOCc1nc(NN)cc(NCC2(CCOC)CC2)n1. The lowest BCUT2D eigenvalue weighted by Gasteiger charge is -2.16. The Morgan fingerprint density at radius 2 is 2.10 bits per heavy atom. The number of nitrogens with one attached hydrogen (secondary N) is 2. The van der Waals surface area contributed by atoms with E-state index in [1.165, 1.54) is 12.8 Å². The summed E-state index contributed by atoms with van der Waals surface area (Å²) in [6.45, 7) is 4.65. The highest BCUT2D eigenvalue weighted by Crippen LogP contribution is 2.48. The number of nitrogens with two attached hydrogens (primary N) is 1. The summed E-state index contributed by atoms with van der Waals surface area (Å²) >= 11 is 0. The highest BCUT2D eigenvalue weighted by Gasteiger charge is 2.41. The molecule has 0 unspecified atom stereocenters. The van der Waals surface area contributed by atoms with E-state index in [2.05, 4.69) is 20.7 Å². The zero-order chi connectivity index (χ0) is 15.1. The van der Waals surface area contributed by atoms with Gasteiger partial charge in [0, 0.05) is 32.9 Å². The number of hydrazine groups is 1. The van der Waals surface area contributed by atoms with Crippen molar-refractivity contribution >= 4 is 11.6 Å². The first kappa shape index (κ1) is 15.9. The van der Waals surface area contributed by atoms with Crippen LogP contribution in [0.5, 0.6) is 0 Å². The number of aromatic nitrogens is 2. The van der Waals surface area contributed by atoms with E-state index in [-0.39, 0.29) is 0 Å². The van der Waals surface area contributed by atoms with E-state index in [0.29, 0.717) is 30.3 Å². The molecule has 0 amide bonds. The minimum Gasteiger partial charge on any atom is -0.385 e. The second kappa shape index (κ2) is 7.53. The molecule has 4 N–H and O–H groups in total. The molecule has 0 aromatic carbocycles. The Morgan fingerprint density at radius 1 is 1.33 bits per heavy atom. The standard InChI is InChI=1S/C14H25N5O2/c1-3-21-9-13-17-11(8-12(18-13)19-15)16-10-14(4-5-14)6-7-20-2/h8H,3-7,9-10,15H2,1-2H3,(H2,16,17,18,19). The first-order chi connectivity index (χ1) is 10.2. The lowest BCUT2D eigenvalue weighted by Crippen LogP contribution is -2.19. The number of hydrogen-bond acceptors (Lipinski definition) is 7. The monoisotopic (exact) mass is 295 g/mol. The average Bonchev–Trinajstić information content (AvgIpc) is 3.29. The van der Waals surface area contributed by atoms with Crippen LogP contribution in [0.2, 0.25) is 0 Å². The number of ether oxygens (including phenoxy) is 2. The molecular formula is C14H25N5O2. The number of hydrogen-bond donors (Lipinski definition) is 3. The van der Waals surface area contributed by atoms with Gasteiger partial charge in [-0.3, -0.25) is 0 Å². The zero-order valence-corrected chi connectivity index (χ0v) is 12.8. The summed E-state index contributed by atoms with van der Waals surface area (Å²) in [5, 5.41) is 3.39. The molecule has 21 heavy (non-hydrogen) atoms. The average molecular weight is 295 g/mol. The summed E-state index contributed by atoms with van der Waals surface area (Å²) in [4.78, 5) is 8.72. The van der Waals surface area contributed by atoms with Crippen LogP contribution in [0.4, 0.5) is 11.6 Å². The van der Waals surface area contributed by atoms with Gasteiger partial charge in [-0.1, -0.05) is 0 Å². The number of anilines is 2. The van der Waals surface area contributed by atoms with Gasteiger partial charge in [-0.15, -0.1) is 0 Å². The predicted molar refractivity (Wildman–Crippen MR) is 81.8 cm³/mol. The third-order valence-corrected chi connectivity index (χ3v) is 3.79. The first-order valence-corrected chi connectivity index (χ1v) is 7.36. The Kier molecular flexibility index (Phi) is 5.72. The second-order valence-electron chi connectivity index (χ2n) is 5.43. The van der Waals surface area contributed by atoms with Gasteiger partial charge in [-0.05, 0) is 31.6 Å². The van der Waals surface area contributed by atoms with Crippen LogP contribution in [0, 0.1) is 5.41 Å². The van der Waals surface area contributed by atoms with Gasteiger partial charge in [-0.2, -0.15) is 0 Å². The van der Waals surface area contributed by atoms with E-state index < -0.39 is 0 Å². The molecule has 0 spiro atoms. The lowest BCUT2D eigenvalue weighted by atomic mass is 10.0. The maximum atomic E-state index is 5.45. The minimum absolute atomic E-state index is 0.358. The molecule has 1 fully saturated rings. The Morgan fingerprint density at radius 3 is 2.71 bits per heavy atom. The summed E-state index contributed by atoms with van der Waals surface area (Å²) in [6.07, 6.45) is 3.56. The molecule has 0 bridgehead atoms. The van der Waals surface area contributed by atoms with Crippen molar-refractivity contribution in [3.63, 3.8) is 0 Å². The summed E-state index contributed by atoms with van der Waals surface area (Å²) in [5.41, 5.74) is 2.92. The molecule has 2 rings (SSSR count). The molecule has 1 aliphatic carbocycles. The molecule has 0 aliphatic heterocycles. The number of nitrogens with zero attached hydrogens (tertiary/aromatic N) is 2. The summed E-state index contributed by atoms with van der Waals surface area (Å²) in [6, 6.07) is 1.81. The molecule has 7 heteroatoms. The molecule has 1 aliphatic rings. The van der Waals surface area contributed by atoms with Crippen LogP contribution in [0.25, 0.3) is 0 Å². The van der Waals surface area contributed by atoms with Gasteiger partial charge in [0.15, 0.2) is 5.82 Å². The maximum Gasteiger partial charge on any atom is 0.158 e. The van der Waals surface area contributed by atoms with E-state index in [1.807, 2.05) is 13.0 Å². The fourth-order valence-electron chi connectivity index (χ4n) is 2.21. The van der Waals surface area contributed by atoms with Gasteiger partial charge in [0.25, 0.3) is 0 Å². The normalized spacial score (nSPS) is 15.8. The van der Waals surface area contributed by atoms with Gasteiger partial charge in [0.2, 0.25) is 0 Å². The Balaban J connectivity index is 1.95. The van der Waals surface area contributed by atoms with Crippen LogP contribution in [0.1, 0.15) is 32.0 Å². The number of rotatable bonds is 10. The predicted octanol–water partition coefficient (Wildman–Crippen LogP) is 1.53. The van der Waals surface area contributed by atoms with Gasteiger partial charge in [0.05, 0.1) is 0 Å². The highest BCUT2D eigenvalue weighted by molar-refractivity contribution is 5.47. The molecule has 118 valence electrons. The summed E-state index contributed by atoms with van der Waals surface area (Å²) in [7, 11) is 1.74.